The molecule has 1 aromatic rings. The molecule has 0 bridgehead atoms. The van der Waals surface area contributed by atoms with Crippen molar-refractivity contribution < 1.29 is 9.45 Å². The Hall–Kier alpha value is -1.49. The summed E-state index contributed by atoms with van der Waals surface area (Å²) in [5.74, 6) is 0. The maximum Gasteiger partial charge on any atom is 0.327 e. The Balaban J connectivity index is 2.09. The molecule has 0 aromatic heterocycles. The van der Waals surface area contributed by atoms with Crippen LogP contribution in [0.1, 0.15) is 27.7 Å². The monoisotopic (exact) mass is 288 g/mol. The normalized spacial score (nSPS) is 19.4. The van der Waals surface area contributed by atoms with E-state index in [1.165, 1.54) is 4.90 Å². The van der Waals surface area contributed by atoms with E-state index in [9.17, 15) is 4.79 Å². The zero-order chi connectivity index (χ0) is 15.8. The lowest BCUT2D eigenvalue weighted by Crippen LogP contribution is -2.36. The van der Waals surface area contributed by atoms with Gasteiger partial charge in [0.25, 0.3) is 0 Å². The molecule has 1 aliphatic rings. The number of benzene rings is 1. The van der Waals surface area contributed by atoms with E-state index in [4.69, 9.17) is 4.65 Å². The van der Waals surface area contributed by atoms with Crippen molar-refractivity contribution in [2.75, 3.05) is 19.4 Å². The first-order valence-corrected chi connectivity index (χ1v) is 7.38. The van der Waals surface area contributed by atoms with Crippen LogP contribution in [0, 0.1) is 5.41 Å². The van der Waals surface area contributed by atoms with E-state index in [0.717, 1.165) is 17.5 Å². The van der Waals surface area contributed by atoms with E-state index in [1.54, 1.807) is 14.1 Å². The quantitative estimate of drug-likeness (QED) is 0.850. The molecule has 2 amide bonds. The fourth-order valence-corrected chi connectivity index (χ4v) is 2.47. The standard InChI is InChI=1S/C16H25BN2O2/c1-15(2)11-17(21-16(15,3)4)12-7-9-13(10-8-12)18-14(20)19(5)6/h7-10H,11H2,1-6H3,(H,18,20). The van der Waals surface area contributed by atoms with Gasteiger partial charge in [-0.15, -0.1) is 0 Å². The second-order valence-electron chi connectivity index (χ2n) is 7.15. The van der Waals surface area contributed by atoms with Crippen molar-refractivity contribution in [2.24, 2.45) is 5.41 Å². The third-order valence-electron chi connectivity index (χ3n) is 4.70. The first kappa shape index (κ1) is 15.9. The van der Waals surface area contributed by atoms with Crippen molar-refractivity contribution in [2.45, 2.75) is 39.6 Å². The summed E-state index contributed by atoms with van der Waals surface area (Å²) in [5, 5.41) is 2.84. The lowest BCUT2D eigenvalue weighted by atomic mass is 9.54. The molecular formula is C16H25BN2O2. The molecule has 0 spiro atoms. The molecule has 0 saturated carbocycles. The molecule has 0 aliphatic carbocycles. The molecule has 1 N–H and O–H groups in total. The summed E-state index contributed by atoms with van der Waals surface area (Å²) in [6.07, 6.45) is 1.00. The first-order valence-electron chi connectivity index (χ1n) is 7.38. The highest BCUT2D eigenvalue weighted by molar-refractivity contribution is 6.68. The van der Waals surface area contributed by atoms with Gasteiger partial charge in [0.05, 0.1) is 5.60 Å². The third-order valence-corrected chi connectivity index (χ3v) is 4.70. The Bertz CT molecular complexity index is 508. The van der Waals surface area contributed by atoms with Gasteiger partial charge in [-0.05, 0) is 43.2 Å². The fourth-order valence-electron chi connectivity index (χ4n) is 2.47. The summed E-state index contributed by atoms with van der Waals surface area (Å²) in [5.41, 5.74) is 1.98. The Morgan fingerprint density at radius 1 is 1.19 bits per heavy atom. The minimum absolute atomic E-state index is 0.119. The molecule has 0 atom stereocenters. The maximum atomic E-state index is 11.6. The van der Waals surface area contributed by atoms with E-state index in [1.807, 2.05) is 24.3 Å². The topological polar surface area (TPSA) is 41.6 Å². The van der Waals surface area contributed by atoms with E-state index >= 15 is 0 Å². The van der Waals surface area contributed by atoms with Crippen molar-refractivity contribution >= 4 is 24.1 Å². The summed E-state index contributed by atoms with van der Waals surface area (Å²) in [6, 6.07) is 7.81. The molecule has 1 aromatic carbocycles. The second-order valence-corrected chi connectivity index (χ2v) is 7.15. The summed E-state index contributed by atoms with van der Waals surface area (Å²) in [6.45, 7) is 8.92. The highest BCUT2D eigenvalue weighted by Gasteiger charge is 2.49. The fraction of sp³-hybridized carbons (Fsp3) is 0.562. The van der Waals surface area contributed by atoms with Crippen LogP contribution in [0.2, 0.25) is 6.32 Å². The van der Waals surface area contributed by atoms with Crippen LogP contribution in [-0.2, 0) is 4.65 Å². The molecule has 0 unspecified atom stereocenters. The van der Waals surface area contributed by atoms with E-state index in [-0.39, 0.29) is 24.0 Å². The van der Waals surface area contributed by atoms with Crippen LogP contribution in [0.5, 0.6) is 0 Å². The van der Waals surface area contributed by atoms with E-state index < -0.39 is 0 Å². The molecule has 2 rings (SSSR count). The average Bonchev–Trinajstić information content (AvgIpc) is 2.59. The van der Waals surface area contributed by atoms with Gasteiger partial charge in [0.15, 0.2) is 0 Å². The maximum absolute atomic E-state index is 11.6. The SMILES string of the molecule is CN(C)C(=O)Nc1ccc(B2CC(C)(C)C(C)(C)O2)cc1. The average molecular weight is 288 g/mol. The van der Waals surface area contributed by atoms with E-state index in [0.29, 0.717) is 0 Å². The number of carbonyl (C=O) groups is 1. The predicted octanol–water partition coefficient (Wildman–Crippen LogP) is 2.81. The summed E-state index contributed by atoms with van der Waals surface area (Å²) in [4.78, 5) is 13.1. The summed E-state index contributed by atoms with van der Waals surface area (Å²) >= 11 is 0. The number of hydrogen-bond donors (Lipinski definition) is 1. The minimum Gasteiger partial charge on any atom is -0.426 e. The molecule has 1 fully saturated rings. The van der Waals surface area contributed by atoms with E-state index in [2.05, 4.69) is 33.0 Å². The molecule has 114 valence electrons. The molecule has 5 heteroatoms. The number of urea groups is 1. The summed E-state index contributed by atoms with van der Waals surface area (Å²) < 4.78 is 6.21. The second kappa shape index (κ2) is 5.37. The van der Waals surface area contributed by atoms with Gasteiger partial charge in [0.2, 0.25) is 0 Å². The van der Waals surface area contributed by atoms with Gasteiger partial charge in [-0.3, -0.25) is 0 Å². The predicted molar refractivity (Wildman–Crippen MR) is 88.3 cm³/mol. The molecular weight excluding hydrogens is 263 g/mol. The Kier molecular flexibility index (Phi) is 4.07. The third kappa shape index (κ3) is 3.23. The van der Waals surface area contributed by atoms with Gasteiger partial charge in [0, 0.05) is 19.8 Å². The van der Waals surface area contributed by atoms with Crippen molar-refractivity contribution in [1.82, 2.24) is 4.90 Å². The minimum atomic E-state index is -0.129. The molecule has 1 heterocycles. The van der Waals surface area contributed by atoms with Gasteiger partial charge in [-0.2, -0.15) is 0 Å². The van der Waals surface area contributed by atoms with Crippen LogP contribution >= 0.6 is 0 Å². The largest absolute Gasteiger partial charge is 0.426 e. The Morgan fingerprint density at radius 2 is 1.76 bits per heavy atom. The number of anilines is 1. The van der Waals surface area contributed by atoms with Gasteiger partial charge in [-0.25, -0.2) is 4.79 Å². The van der Waals surface area contributed by atoms with Crippen LogP contribution in [0.25, 0.3) is 0 Å². The number of hydrogen-bond acceptors (Lipinski definition) is 2. The van der Waals surface area contributed by atoms with Crippen molar-refractivity contribution in [3.05, 3.63) is 24.3 Å². The van der Waals surface area contributed by atoms with Crippen molar-refractivity contribution in [3.8, 4) is 0 Å². The van der Waals surface area contributed by atoms with Crippen LogP contribution in [0.4, 0.5) is 10.5 Å². The highest BCUT2D eigenvalue weighted by atomic mass is 16.5. The Labute approximate surface area is 128 Å². The first-order chi connectivity index (χ1) is 9.62. The smallest absolute Gasteiger partial charge is 0.327 e. The number of nitrogens with one attached hydrogen (secondary N) is 1. The molecule has 21 heavy (non-hydrogen) atoms. The molecule has 0 radical (unpaired) electrons. The van der Waals surface area contributed by atoms with Crippen LogP contribution in [-0.4, -0.2) is 37.5 Å². The van der Waals surface area contributed by atoms with Crippen LogP contribution < -0.4 is 10.8 Å². The van der Waals surface area contributed by atoms with Gasteiger partial charge in [0.1, 0.15) is 0 Å². The Morgan fingerprint density at radius 3 is 2.19 bits per heavy atom. The lowest BCUT2D eigenvalue weighted by molar-refractivity contribution is 0.0375. The van der Waals surface area contributed by atoms with Gasteiger partial charge >= 0.3 is 12.9 Å². The molecule has 4 nitrogen and oxygen atoms in total. The van der Waals surface area contributed by atoms with Crippen LogP contribution in [0.15, 0.2) is 24.3 Å². The van der Waals surface area contributed by atoms with Crippen molar-refractivity contribution in [1.29, 1.82) is 0 Å². The van der Waals surface area contributed by atoms with Gasteiger partial charge < -0.3 is 14.9 Å². The van der Waals surface area contributed by atoms with Crippen LogP contribution in [0.3, 0.4) is 0 Å². The molecule has 1 saturated heterocycles. The van der Waals surface area contributed by atoms with Crippen molar-refractivity contribution in [3.63, 3.8) is 0 Å². The van der Waals surface area contributed by atoms with Gasteiger partial charge in [-0.1, -0.05) is 26.0 Å². The number of carbonyl (C=O) groups excluding carboxylic acids is 1. The lowest BCUT2D eigenvalue weighted by Gasteiger charge is -2.34. The number of nitrogens with zero attached hydrogens (tertiary/aromatic N) is 1. The highest BCUT2D eigenvalue weighted by Crippen LogP contribution is 2.45. The molecule has 1 aliphatic heterocycles. The number of amides is 2. The zero-order valence-corrected chi connectivity index (χ0v) is 13.9. The zero-order valence-electron chi connectivity index (χ0n) is 13.9. The summed E-state index contributed by atoms with van der Waals surface area (Å²) in [7, 11) is 3.44. The number of rotatable bonds is 2.